The second-order valence-electron chi connectivity index (χ2n) is 10.3. The van der Waals surface area contributed by atoms with Crippen molar-refractivity contribution < 1.29 is 0 Å². The van der Waals surface area contributed by atoms with Crippen LogP contribution >= 0.6 is 0 Å². The van der Waals surface area contributed by atoms with Gasteiger partial charge in [-0.05, 0) is 60.3 Å². The quantitative estimate of drug-likeness (QED) is 0.517. The summed E-state index contributed by atoms with van der Waals surface area (Å²) in [5.41, 5.74) is 0.808. The van der Waals surface area contributed by atoms with E-state index in [0.717, 1.165) is 28.2 Å². The van der Waals surface area contributed by atoms with Gasteiger partial charge in [-0.15, -0.1) is 0 Å². The zero-order valence-electron chi connectivity index (χ0n) is 16.5. The van der Waals surface area contributed by atoms with Gasteiger partial charge in [0.2, 0.25) is 0 Å². The lowest BCUT2D eigenvalue weighted by Crippen LogP contribution is -2.49. The van der Waals surface area contributed by atoms with Crippen LogP contribution < -0.4 is 0 Å². The maximum atomic E-state index is 1.64. The Kier molecular flexibility index (Phi) is 5.47. The third kappa shape index (κ3) is 2.85. The van der Waals surface area contributed by atoms with Gasteiger partial charge in [-0.25, -0.2) is 0 Å². The third-order valence-corrected chi connectivity index (χ3v) is 11.8. The van der Waals surface area contributed by atoms with Gasteiger partial charge in [0.05, 0.1) is 0 Å². The normalized spacial score (nSPS) is 37.0. The maximum absolute atomic E-state index is 1.64. The minimum Gasteiger partial charge on any atom is -0.0533 e. The number of rotatable bonds is 3. The molecule has 0 radical (unpaired) electrons. The molecule has 24 heavy (non-hydrogen) atoms. The van der Waals surface area contributed by atoms with Crippen LogP contribution in [-0.2, 0) is 0 Å². The summed E-state index contributed by atoms with van der Waals surface area (Å²) in [5.74, 6) is 3.37. The topological polar surface area (TPSA) is 0 Å². The summed E-state index contributed by atoms with van der Waals surface area (Å²) < 4.78 is 0. The van der Waals surface area contributed by atoms with Gasteiger partial charge in [-0.2, -0.15) is 0 Å². The molecule has 138 valence electrons. The largest absolute Gasteiger partial charge is 0.0533 e. The summed E-state index contributed by atoms with van der Waals surface area (Å²) in [6.45, 7) is 0. The fourth-order valence-electron chi connectivity index (χ4n) is 8.50. The van der Waals surface area contributed by atoms with E-state index in [1.165, 1.54) is 29.5 Å². The van der Waals surface area contributed by atoms with Crippen molar-refractivity contribution in [2.75, 3.05) is 0 Å². The van der Waals surface area contributed by atoms with Crippen LogP contribution in [0.2, 0.25) is 5.04 Å². The lowest BCUT2D eigenvalue weighted by Gasteiger charge is -2.59. The molecule has 0 heterocycles. The Morgan fingerprint density at radius 1 is 0.458 bits per heavy atom. The summed E-state index contributed by atoms with van der Waals surface area (Å²) >= 11 is 0. The van der Waals surface area contributed by atoms with E-state index in [2.05, 4.69) is 0 Å². The Morgan fingerprint density at radius 3 is 1.33 bits per heavy atom. The Bertz CT molecular complexity index is 380. The number of hydrogen-bond donors (Lipinski definition) is 0. The highest BCUT2D eigenvalue weighted by Crippen LogP contribution is 2.72. The molecule has 0 amide bonds. The molecule has 4 fully saturated rings. The van der Waals surface area contributed by atoms with Gasteiger partial charge in [0.25, 0.3) is 0 Å². The molecule has 0 aromatic carbocycles. The molecule has 0 N–H and O–H groups in total. The van der Waals surface area contributed by atoms with E-state index in [1.54, 1.807) is 96.3 Å². The Labute approximate surface area is 154 Å². The zero-order chi connectivity index (χ0) is 16.5. The molecule has 4 saturated carbocycles. The van der Waals surface area contributed by atoms with Crippen molar-refractivity contribution in [3.05, 3.63) is 0 Å². The molecule has 4 aliphatic carbocycles. The number of hydrogen-bond acceptors (Lipinski definition) is 0. The van der Waals surface area contributed by atoms with Crippen LogP contribution in [-0.4, -0.2) is 10.2 Å². The van der Waals surface area contributed by atoms with Crippen LogP contribution in [0.5, 0.6) is 0 Å². The lowest BCUT2D eigenvalue weighted by molar-refractivity contribution is -0.0317. The predicted molar refractivity (Wildman–Crippen MR) is 109 cm³/mol. The molecular weight excluding hydrogens is 304 g/mol. The second kappa shape index (κ2) is 7.45. The summed E-state index contributed by atoms with van der Waals surface area (Å²) in [4.78, 5) is 0. The molecule has 1 unspecified atom stereocenters. The molecule has 4 rings (SSSR count). The lowest BCUT2D eigenvalue weighted by atomic mass is 9.51. The van der Waals surface area contributed by atoms with E-state index in [1.807, 2.05) is 0 Å². The first kappa shape index (κ1) is 17.6. The summed E-state index contributed by atoms with van der Waals surface area (Å²) in [6, 6.07) is 0. The molecule has 0 nitrogen and oxygen atoms in total. The highest BCUT2D eigenvalue weighted by Gasteiger charge is 2.61. The molecule has 0 saturated heterocycles. The second-order valence-corrected chi connectivity index (χ2v) is 12.1. The molecule has 0 aromatic heterocycles. The average Bonchev–Trinajstić information content (AvgIpc) is 3.03. The molecule has 4 aliphatic rings. The van der Waals surface area contributed by atoms with Gasteiger partial charge in [0.1, 0.15) is 0 Å². The van der Waals surface area contributed by atoms with Crippen molar-refractivity contribution in [2.45, 2.75) is 121 Å². The average molecular weight is 347 g/mol. The first-order valence-electron chi connectivity index (χ1n) is 11.8. The van der Waals surface area contributed by atoms with Gasteiger partial charge in [-0.3, -0.25) is 0 Å². The Hall–Kier alpha value is 0.217. The molecule has 1 atom stereocenters. The van der Waals surface area contributed by atoms with Gasteiger partial charge in [-0.1, -0.05) is 83.5 Å². The Morgan fingerprint density at radius 2 is 0.875 bits per heavy atom. The van der Waals surface area contributed by atoms with Crippen molar-refractivity contribution in [1.29, 1.82) is 0 Å². The SMILES string of the molecule is [SiH3]C1(C2CCCCC2)CCCC1(C1CCCCC1)C1CCCCC1. The van der Waals surface area contributed by atoms with Crippen molar-refractivity contribution in [2.24, 2.45) is 23.2 Å². The van der Waals surface area contributed by atoms with Gasteiger partial charge in [0, 0.05) is 10.2 Å². The minimum atomic E-state index is 0.808. The smallest absolute Gasteiger partial charge is 0.0117 e. The van der Waals surface area contributed by atoms with Gasteiger partial charge < -0.3 is 0 Å². The summed E-state index contributed by atoms with van der Waals surface area (Å²) in [5, 5.41) is 0.831. The van der Waals surface area contributed by atoms with Crippen LogP contribution in [0.1, 0.15) is 116 Å². The first-order valence-corrected chi connectivity index (χ1v) is 12.8. The van der Waals surface area contributed by atoms with Crippen LogP contribution in [0.15, 0.2) is 0 Å². The van der Waals surface area contributed by atoms with E-state index in [4.69, 9.17) is 0 Å². The van der Waals surface area contributed by atoms with Crippen LogP contribution in [0.3, 0.4) is 0 Å². The van der Waals surface area contributed by atoms with E-state index < -0.39 is 0 Å². The third-order valence-electron chi connectivity index (χ3n) is 9.52. The summed E-state index contributed by atoms with van der Waals surface area (Å²) in [6.07, 6.45) is 28.4. The van der Waals surface area contributed by atoms with E-state index >= 15 is 0 Å². The summed E-state index contributed by atoms with van der Waals surface area (Å²) in [7, 11) is 1.50. The Balaban J connectivity index is 1.69. The van der Waals surface area contributed by atoms with Gasteiger partial charge in [0.15, 0.2) is 0 Å². The van der Waals surface area contributed by atoms with Gasteiger partial charge >= 0.3 is 0 Å². The molecular formula is C23H42Si. The van der Waals surface area contributed by atoms with E-state index in [0.29, 0.717) is 0 Å². The van der Waals surface area contributed by atoms with Crippen LogP contribution in [0.4, 0.5) is 0 Å². The highest BCUT2D eigenvalue weighted by atomic mass is 28.1. The van der Waals surface area contributed by atoms with E-state index in [9.17, 15) is 0 Å². The standard InChI is InChI=1S/C23H42Si/c24-23(21-15-8-3-9-16-21)18-10-17-22(23,19-11-4-1-5-12-19)20-13-6-2-7-14-20/h19-21H,1-18H2,24H3. The molecule has 0 aliphatic heterocycles. The van der Waals surface area contributed by atoms with Crippen LogP contribution in [0, 0.1) is 23.2 Å². The van der Waals surface area contributed by atoms with Crippen LogP contribution in [0.25, 0.3) is 0 Å². The highest BCUT2D eigenvalue weighted by molar-refractivity contribution is 6.16. The van der Waals surface area contributed by atoms with E-state index in [-0.39, 0.29) is 0 Å². The monoisotopic (exact) mass is 346 g/mol. The predicted octanol–water partition coefficient (Wildman–Crippen LogP) is 6.42. The maximum Gasteiger partial charge on any atom is 0.0117 e. The molecule has 1 heteroatoms. The molecule has 0 spiro atoms. The first-order chi connectivity index (χ1) is 11.8. The zero-order valence-corrected chi connectivity index (χ0v) is 18.5. The van der Waals surface area contributed by atoms with Crippen molar-refractivity contribution >= 4 is 10.2 Å². The van der Waals surface area contributed by atoms with Crippen molar-refractivity contribution in [1.82, 2.24) is 0 Å². The van der Waals surface area contributed by atoms with Crippen molar-refractivity contribution in [3.63, 3.8) is 0 Å². The van der Waals surface area contributed by atoms with Crippen molar-refractivity contribution in [3.8, 4) is 0 Å². The minimum absolute atomic E-state index is 0.808. The molecule has 0 aromatic rings. The molecule has 0 bridgehead atoms. The fourth-order valence-corrected chi connectivity index (χ4v) is 10.5. The fraction of sp³-hybridized carbons (Fsp3) is 1.00.